The molecule has 0 aliphatic heterocycles. The fourth-order valence-electron chi connectivity index (χ4n) is 1.48. The van der Waals surface area contributed by atoms with Gasteiger partial charge in [-0.2, -0.15) is 5.26 Å². The maximum Gasteiger partial charge on any atom is 0.358 e. The van der Waals surface area contributed by atoms with Gasteiger partial charge in [-0.25, -0.2) is 14.8 Å². The lowest BCUT2D eigenvalue weighted by molar-refractivity contribution is 0.0686. The molecule has 0 spiro atoms. The van der Waals surface area contributed by atoms with Crippen LogP contribution >= 0.6 is 15.9 Å². The Balaban J connectivity index is 0. The number of pyridine rings is 2. The second kappa shape index (κ2) is 11.5. The molecule has 3 N–H and O–H groups in total. The SMILES string of the molecule is C.C.COc1cc(Br)nc(C#N)c1O.COc1ccnc(C(=O)O)c1O. The molecule has 0 aromatic carbocycles. The molecule has 2 rings (SSSR count). The lowest BCUT2D eigenvalue weighted by Crippen LogP contribution is -2.01. The van der Waals surface area contributed by atoms with E-state index in [2.05, 4.69) is 30.6 Å². The number of ether oxygens (including phenoxy) is 2. The molecule has 26 heavy (non-hydrogen) atoms. The first kappa shape index (κ1) is 25.2. The van der Waals surface area contributed by atoms with Gasteiger partial charge in [0.1, 0.15) is 10.7 Å². The number of nitriles is 1. The van der Waals surface area contributed by atoms with Gasteiger partial charge in [-0.1, -0.05) is 14.9 Å². The number of rotatable bonds is 3. The summed E-state index contributed by atoms with van der Waals surface area (Å²) >= 11 is 3.08. The van der Waals surface area contributed by atoms with E-state index >= 15 is 0 Å². The highest BCUT2D eigenvalue weighted by Crippen LogP contribution is 2.30. The van der Waals surface area contributed by atoms with Crippen LogP contribution in [0.3, 0.4) is 0 Å². The van der Waals surface area contributed by atoms with Crippen molar-refractivity contribution in [2.45, 2.75) is 14.9 Å². The van der Waals surface area contributed by atoms with Crippen LogP contribution in [0.2, 0.25) is 0 Å². The first-order valence-electron chi connectivity index (χ1n) is 6.14. The second-order valence-corrected chi connectivity index (χ2v) is 4.78. The summed E-state index contributed by atoms with van der Waals surface area (Å²) in [6.45, 7) is 0. The van der Waals surface area contributed by atoms with E-state index in [9.17, 15) is 15.0 Å². The Morgan fingerprint density at radius 2 is 1.77 bits per heavy atom. The molecule has 9 nitrogen and oxygen atoms in total. The molecule has 0 bridgehead atoms. The van der Waals surface area contributed by atoms with Crippen molar-refractivity contribution in [3.8, 4) is 29.1 Å². The Morgan fingerprint density at radius 1 is 1.19 bits per heavy atom. The van der Waals surface area contributed by atoms with E-state index in [1.54, 1.807) is 6.07 Å². The predicted molar refractivity (Wildman–Crippen MR) is 97.7 cm³/mol. The quantitative estimate of drug-likeness (QED) is 0.625. The summed E-state index contributed by atoms with van der Waals surface area (Å²) in [5, 5.41) is 35.5. The van der Waals surface area contributed by atoms with Gasteiger partial charge in [-0.3, -0.25) is 0 Å². The highest BCUT2D eigenvalue weighted by molar-refractivity contribution is 9.10. The van der Waals surface area contributed by atoms with Crippen LogP contribution in [0.1, 0.15) is 31.0 Å². The normalized spacial score (nSPS) is 8.54. The highest BCUT2D eigenvalue weighted by atomic mass is 79.9. The van der Waals surface area contributed by atoms with E-state index in [4.69, 9.17) is 15.1 Å². The van der Waals surface area contributed by atoms with Crippen LogP contribution in [0.15, 0.2) is 22.9 Å². The zero-order valence-corrected chi connectivity index (χ0v) is 14.1. The van der Waals surface area contributed by atoms with Crippen molar-refractivity contribution in [1.29, 1.82) is 5.26 Å². The van der Waals surface area contributed by atoms with E-state index < -0.39 is 17.4 Å². The number of carboxylic acids is 1. The van der Waals surface area contributed by atoms with Crippen LogP contribution in [-0.4, -0.2) is 45.5 Å². The Bertz CT molecular complexity index is 792. The second-order valence-electron chi connectivity index (χ2n) is 3.97. The van der Waals surface area contributed by atoms with Crippen LogP contribution in [0.25, 0.3) is 0 Å². The largest absolute Gasteiger partial charge is 0.503 e. The van der Waals surface area contributed by atoms with Gasteiger partial charge >= 0.3 is 5.97 Å². The molecule has 0 aliphatic carbocycles. The third-order valence-corrected chi connectivity index (χ3v) is 2.97. The highest BCUT2D eigenvalue weighted by Gasteiger charge is 2.14. The van der Waals surface area contributed by atoms with E-state index in [-0.39, 0.29) is 37.8 Å². The molecule has 2 aromatic heterocycles. The Hall–Kier alpha value is -3.06. The average Bonchev–Trinajstić information content (AvgIpc) is 2.57. The van der Waals surface area contributed by atoms with Gasteiger partial charge in [0.25, 0.3) is 0 Å². The average molecular weight is 430 g/mol. The number of carboxylic acid groups (broad SMARTS) is 1. The third kappa shape index (κ3) is 6.10. The number of aromatic carboxylic acids is 1. The van der Waals surface area contributed by atoms with Gasteiger partial charge in [0.15, 0.2) is 34.4 Å². The van der Waals surface area contributed by atoms with E-state index in [1.807, 2.05) is 0 Å². The Kier molecular flexibility index (Phi) is 11.1. The number of aromatic nitrogens is 2. The fraction of sp³-hybridized carbons (Fsp3) is 0.250. The minimum Gasteiger partial charge on any atom is -0.503 e. The topological polar surface area (TPSA) is 146 Å². The summed E-state index contributed by atoms with van der Waals surface area (Å²) in [5.41, 5.74) is -0.462. The maximum atomic E-state index is 10.4. The molecule has 0 amide bonds. The van der Waals surface area contributed by atoms with Gasteiger partial charge in [0.05, 0.1) is 14.2 Å². The minimum absolute atomic E-state index is 0. The number of halogens is 1. The summed E-state index contributed by atoms with van der Waals surface area (Å²) in [6.07, 6.45) is 1.25. The maximum absolute atomic E-state index is 10.4. The molecule has 0 radical (unpaired) electrons. The zero-order chi connectivity index (χ0) is 18.3. The molecule has 0 atom stereocenters. The van der Waals surface area contributed by atoms with E-state index in [0.717, 1.165) is 0 Å². The molecule has 0 fully saturated rings. The molecule has 10 heteroatoms. The van der Waals surface area contributed by atoms with E-state index in [0.29, 0.717) is 4.60 Å². The van der Waals surface area contributed by atoms with Crippen LogP contribution in [-0.2, 0) is 0 Å². The number of hydrogen-bond donors (Lipinski definition) is 3. The first-order chi connectivity index (χ1) is 11.3. The minimum atomic E-state index is -1.29. The third-order valence-electron chi connectivity index (χ3n) is 2.56. The standard InChI is InChI=1S/C7H5BrN2O2.C7H7NO4.2CH4/c1-12-5-2-6(8)10-4(3-9)7(5)11;1-12-4-2-3-8-5(6(4)9)7(10)11;;/h2,11H,1H3;2-3,9H,1H3,(H,10,11);2*1H4. The van der Waals surface area contributed by atoms with Gasteiger partial charge < -0.3 is 24.8 Å². The number of nitrogens with zero attached hydrogens (tertiary/aromatic N) is 3. The van der Waals surface area contributed by atoms with Gasteiger partial charge in [-0.05, 0) is 15.9 Å². The van der Waals surface area contributed by atoms with Crippen LogP contribution in [0, 0.1) is 11.3 Å². The molecule has 2 heterocycles. The molecule has 0 saturated carbocycles. The first-order valence-corrected chi connectivity index (χ1v) is 6.93. The summed E-state index contributed by atoms with van der Waals surface area (Å²) in [6, 6.07) is 4.60. The summed E-state index contributed by atoms with van der Waals surface area (Å²) in [7, 11) is 2.74. The van der Waals surface area contributed by atoms with Gasteiger partial charge in [0.2, 0.25) is 0 Å². The molecular formula is C16H20BrN3O6. The van der Waals surface area contributed by atoms with Gasteiger partial charge in [0, 0.05) is 18.3 Å². The monoisotopic (exact) mass is 429 g/mol. The van der Waals surface area contributed by atoms with Crippen molar-refractivity contribution in [2.24, 2.45) is 0 Å². The Morgan fingerprint density at radius 3 is 2.23 bits per heavy atom. The van der Waals surface area contributed by atoms with Crippen molar-refractivity contribution >= 4 is 21.9 Å². The molecule has 142 valence electrons. The van der Waals surface area contributed by atoms with Crippen molar-refractivity contribution < 1.29 is 29.6 Å². The number of carbonyl (C=O) groups is 1. The fourth-order valence-corrected chi connectivity index (χ4v) is 1.86. The van der Waals surface area contributed by atoms with Crippen LogP contribution in [0.5, 0.6) is 23.0 Å². The smallest absolute Gasteiger partial charge is 0.358 e. The molecule has 2 aromatic rings. The van der Waals surface area contributed by atoms with Crippen LogP contribution in [0.4, 0.5) is 0 Å². The van der Waals surface area contributed by atoms with Crippen LogP contribution < -0.4 is 9.47 Å². The molecular weight excluding hydrogens is 410 g/mol. The number of methoxy groups -OCH3 is 2. The molecule has 0 saturated heterocycles. The molecule has 0 aliphatic rings. The van der Waals surface area contributed by atoms with Crippen molar-refractivity contribution in [3.63, 3.8) is 0 Å². The van der Waals surface area contributed by atoms with Crippen molar-refractivity contribution in [3.05, 3.63) is 34.3 Å². The van der Waals surface area contributed by atoms with Crippen molar-refractivity contribution in [1.82, 2.24) is 9.97 Å². The summed E-state index contributed by atoms with van der Waals surface area (Å²) in [5.74, 6) is -1.64. The molecule has 0 unspecified atom stereocenters. The zero-order valence-electron chi connectivity index (χ0n) is 12.5. The number of aromatic hydroxyl groups is 2. The lowest BCUT2D eigenvalue weighted by atomic mass is 10.3. The van der Waals surface area contributed by atoms with Crippen molar-refractivity contribution in [2.75, 3.05) is 14.2 Å². The van der Waals surface area contributed by atoms with Gasteiger partial charge in [-0.15, -0.1) is 0 Å². The van der Waals surface area contributed by atoms with E-state index in [1.165, 1.54) is 32.5 Å². The number of hydrogen-bond acceptors (Lipinski definition) is 8. The summed E-state index contributed by atoms with van der Waals surface area (Å²) < 4.78 is 9.93. The predicted octanol–water partition coefficient (Wildman–Crippen LogP) is 3.20. The Labute approximate surface area is 159 Å². The lowest BCUT2D eigenvalue weighted by Gasteiger charge is -2.03. The summed E-state index contributed by atoms with van der Waals surface area (Å²) in [4.78, 5) is 17.6.